The van der Waals surface area contributed by atoms with E-state index < -0.39 is 12.7 Å². The van der Waals surface area contributed by atoms with Gasteiger partial charge in [0.1, 0.15) is 0 Å². The van der Waals surface area contributed by atoms with Crippen LogP contribution in [0.3, 0.4) is 0 Å². The quantitative estimate of drug-likeness (QED) is 0.734. The molecule has 1 aromatic rings. The molecule has 0 saturated heterocycles. The number of alkyl halides is 3. The third kappa shape index (κ3) is 7.29. The van der Waals surface area contributed by atoms with E-state index >= 15 is 0 Å². The highest BCUT2D eigenvalue weighted by atomic mass is 79.9. The Morgan fingerprint density at radius 1 is 1.29 bits per heavy atom. The molecule has 1 aromatic carbocycles. The second kappa shape index (κ2) is 8.76. The highest BCUT2D eigenvalue weighted by molar-refractivity contribution is 9.10. The van der Waals surface area contributed by atoms with E-state index in [1.54, 1.807) is 6.92 Å². The van der Waals surface area contributed by atoms with E-state index in [0.717, 1.165) is 16.6 Å². The van der Waals surface area contributed by atoms with E-state index in [9.17, 15) is 13.2 Å². The first-order chi connectivity index (χ1) is 9.85. The molecule has 0 aliphatic rings. The highest BCUT2D eigenvalue weighted by Gasteiger charge is 2.30. The van der Waals surface area contributed by atoms with Crippen molar-refractivity contribution in [1.82, 2.24) is 10.2 Å². The topological polar surface area (TPSA) is 15.3 Å². The molecule has 21 heavy (non-hydrogen) atoms. The Morgan fingerprint density at radius 3 is 2.52 bits per heavy atom. The van der Waals surface area contributed by atoms with Crippen LogP contribution >= 0.6 is 15.9 Å². The van der Waals surface area contributed by atoms with Gasteiger partial charge in [-0.25, -0.2) is 0 Å². The van der Waals surface area contributed by atoms with Crippen molar-refractivity contribution in [3.8, 4) is 0 Å². The molecule has 0 fully saturated rings. The molecule has 0 aliphatic carbocycles. The fourth-order valence-electron chi connectivity index (χ4n) is 2.27. The molecule has 0 radical (unpaired) electrons. The summed E-state index contributed by atoms with van der Waals surface area (Å²) in [5.41, 5.74) is 1.09. The molecule has 0 saturated carbocycles. The summed E-state index contributed by atoms with van der Waals surface area (Å²) in [7, 11) is 0. The van der Waals surface area contributed by atoms with Gasteiger partial charge in [-0.3, -0.25) is 4.90 Å². The van der Waals surface area contributed by atoms with Crippen molar-refractivity contribution in [3.05, 3.63) is 34.3 Å². The number of halogens is 4. The summed E-state index contributed by atoms with van der Waals surface area (Å²) in [5.74, 6) is 0. The molecular formula is C15H22BrF3N2. The summed E-state index contributed by atoms with van der Waals surface area (Å²) in [6.07, 6.45) is -3.49. The van der Waals surface area contributed by atoms with Crippen LogP contribution in [0.5, 0.6) is 0 Å². The van der Waals surface area contributed by atoms with Crippen molar-refractivity contribution in [2.75, 3.05) is 26.2 Å². The van der Waals surface area contributed by atoms with E-state index in [1.807, 2.05) is 31.2 Å². The number of nitrogens with one attached hydrogen (secondary N) is 1. The predicted molar refractivity (Wildman–Crippen MR) is 83.3 cm³/mol. The maximum Gasteiger partial charge on any atom is 0.401 e. The summed E-state index contributed by atoms with van der Waals surface area (Å²) >= 11 is 3.43. The van der Waals surface area contributed by atoms with Gasteiger partial charge in [-0.15, -0.1) is 0 Å². The number of nitrogens with zero attached hydrogens (tertiary/aromatic N) is 1. The number of rotatable bonds is 8. The van der Waals surface area contributed by atoms with Gasteiger partial charge in [-0.1, -0.05) is 41.9 Å². The summed E-state index contributed by atoms with van der Waals surface area (Å²) in [6, 6.07) is 7.95. The molecule has 2 nitrogen and oxygen atoms in total. The Balaban J connectivity index is 2.66. The Morgan fingerprint density at radius 2 is 2.00 bits per heavy atom. The van der Waals surface area contributed by atoms with Gasteiger partial charge >= 0.3 is 6.18 Å². The van der Waals surface area contributed by atoms with E-state index in [0.29, 0.717) is 19.5 Å². The Hall–Kier alpha value is -0.590. The van der Waals surface area contributed by atoms with E-state index in [2.05, 4.69) is 21.2 Å². The van der Waals surface area contributed by atoms with Crippen LogP contribution in [-0.2, 0) is 0 Å². The molecular weight excluding hydrogens is 345 g/mol. The fraction of sp³-hybridized carbons (Fsp3) is 0.600. The van der Waals surface area contributed by atoms with Gasteiger partial charge in [0.25, 0.3) is 0 Å². The molecule has 0 aromatic heterocycles. The van der Waals surface area contributed by atoms with Crippen molar-refractivity contribution in [1.29, 1.82) is 0 Å². The molecule has 1 rings (SSSR count). The minimum absolute atomic E-state index is 0.0646. The van der Waals surface area contributed by atoms with E-state index in [4.69, 9.17) is 0 Å². The molecule has 0 heterocycles. The minimum atomic E-state index is -4.14. The van der Waals surface area contributed by atoms with Gasteiger partial charge in [0.05, 0.1) is 6.54 Å². The van der Waals surface area contributed by atoms with Gasteiger partial charge in [0.15, 0.2) is 0 Å². The highest BCUT2D eigenvalue weighted by Crippen LogP contribution is 2.22. The van der Waals surface area contributed by atoms with Crippen molar-refractivity contribution in [3.63, 3.8) is 0 Å². The fourth-order valence-corrected chi connectivity index (χ4v) is 2.69. The van der Waals surface area contributed by atoms with Crippen molar-refractivity contribution < 1.29 is 13.2 Å². The zero-order valence-corrected chi connectivity index (χ0v) is 14.0. The SMILES string of the molecule is CCNC(CCN(CC)CC(F)(F)F)c1cccc(Br)c1. The van der Waals surface area contributed by atoms with Crippen molar-refractivity contribution in [2.45, 2.75) is 32.5 Å². The predicted octanol–water partition coefficient (Wildman–Crippen LogP) is 4.37. The van der Waals surface area contributed by atoms with Gasteiger partial charge < -0.3 is 5.32 Å². The van der Waals surface area contributed by atoms with Gasteiger partial charge in [0, 0.05) is 17.1 Å². The van der Waals surface area contributed by atoms with Crippen LogP contribution in [0.4, 0.5) is 13.2 Å². The largest absolute Gasteiger partial charge is 0.401 e. The molecule has 0 bridgehead atoms. The second-order valence-electron chi connectivity index (χ2n) is 4.94. The normalized spacial score (nSPS) is 13.7. The lowest BCUT2D eigenvalue weighted by Gasteiger charge is -2.25. The average Bonchev–Trinajstić information content (AvgIpc) is 2.40. The van der Waals surface area contributed by atoms with Crippen LogP contribution < -0.4 is 5.32 Å². The Bertz CT molecular complexity index is 424. The zero-order valence-electron chi connectivity index (χ0n) is 12.4. The first-order valence-corrected chi connectivity index (χ1v) is 7.93. The first kappa shape index (κ1) is 18.5. The second-order valence-corrected chi connectivity index (χ2v) is 5.85. The molecule has 0 spiro atoms. The molecule has 0 aliphatic heterocycles. The zero-order chi connectivity index (χ0) is 15.9. The summed E-state index contributed by atoms with van der Waals surface area (Å²) in [4.78, 5) is 1.43. The number of hydrogen-bond donors (Lipinski definition) is 1. The first-order valence-electron chi connectivity index (χ1n) is 7.13. The minimum Gasteiger partial charge on any atom is -0.310 e. The lowest BCUT2D eigenvalue weighted by Crippen LogP contribution is -2.36. The average molecular weight is 367 g/mol. The van der Waals surface area contributed by atoms with E-state index in [-0.39, 0.29) is 6.04 Å². The smallest absolute Gasteiger partial charge is 0.310 e. The third-order valence-electron chi connectivity index (χ3n) is 3.29. The standard InChI is InChI=1S/C15H22BrF3N2/c1-3-20-14(12-6-5-7-13(16)10-12)8-9-21(4-2)11-15(17,18)19/h5-7,10,14,20H,3-4,8-9,11H2,1-2H3. The molecule has 0 amide bonds. The van der Waals surface area contributed by atoms with Crippen LogP contribution in [0.1, 0.15) is 31.9 Å². The lowest BCUT2D eigenvalue weighted by atomic mass is 10.0. The molecule has 6 heteroatoms. The Kier molecular flexibility index (Phi) is 7.70. The van der Waals surface area contributed by atoms with Crippen LogP contribution in [0.15, 0.2) is 28.7 Å². The van der Waals surface area contributed by atoms with Gasteiger partial charge in [-0.2, -0.15) is 13.2 Å². The molecule has 120 valence electrons. The summed E-state index contributed by atoms with van der Waals surface area (Å²) in [5, 5.41) is 3.34. The van der Waals surface area contributed by atoms with Crippen molar-refractivity contribution >= 4 is 15.9 Å². The van der Waals surface area contributed by atoms with Crippen molar-refractivity contribution in [2.24, 2.45) is 0 Å². The lowest BCUT2D eigenvalue weighted by molar-refractivity contribution is -0.145. The maximum absolute atomic E-state index is 12.5. The van der Waals surface area contributed by atoms with Crippen LogP contribution in [0.25, 0.3) is 0 Å². The number of benzene rings is 1. The summed E-state index contributed by atoms with van der Waals surface area (Å²) < 4.78 is 38.4. The molecule has 1 atom stereocenters. The molecule has 1 unspecified atom stereocenters. The summed E-state index contributed by atoms with van der Waals surface area (Å²) in [6.45, 7) is 4.51. The monoisotopic (exact) mass is 366 g/mol. The maximum atomic E-state index is 12.5. The van der Waals surface area contributed by atoms with Crippen LogP contribution in [0.2, 0.25) is 0 Å². The van der Waals surface area contributed by atoms with E-state index in [1.165, 1.54) is 4.90 Å². The Labute approximate surface area is 132 Å². The number of hydrogen-bond acceptors (Lipinski definition) is 2. The molecule has 1 N–H and O–H groups in total. The van der Waals surface area contributed by atoms with Gasteiger partial charge in [-0.05, 0) is 37.2 Å². The van der Waals surface area contributed by atoms with Gasteiger partial charge in [0.2, 0.25) is 0 Å². The van der Waals surface area contributed by atoms with Crippen LogP contribution in [0, 0.1) is 0 Å². The van der Waals surface area contributed by atoms with Crippen LogP contribution in [-0.4, -0.2) is 37.3 Å². The third-order valence-corrected chi connectivity index (χ3v) is 3.78.